The van der Waals surface area contributed by atoms with Gasteiger partial charge in [0.05, 0.1) is 12.2 Å². The number of fused-ring (bicyclic) bond motifs is 5. The van der Waals surface area contributed by atoms with Crippen LogP contribution in [0, 0.1) is 11.8 Å². The van der Waals surface area contributed by atoms with Crippen LogP contribution in [0.4, 0.5) is 0 Å². The Labute approximate surface area is 247 Å². The van der Waals surface area contributed by atoms with Crippen molar-refractivity contribution in [2.45, 2.75) is 56.6 Å². The molecule has 4 aromatic carbocycles. The van der Waals surface area contributed by atoms with E-state index in [0.717, 1.165) is 24.6 Å². The molecule has 3 aliphatic rings. The van der Waals surface area contributed by atoms with E-state index in [4.69, 9.17) is 9.47 Å². The Morgan fingerprint density at radius 3 is 1.55 bits per heavy atom. The Bertz CT molecular complexity index is 1460. The van der Waals surface area contributed by atoms with Crippen molar-refractivity contribution >= 4 is 15.9 Å². The maximum atomic E-state index is 5.79. The second kappa shape index (κ2) is 11.6. The van der Waals surface area contributed by atoms with Crippen LogP contribution < -0.4 is 0 Å². The summed E-state index contributed by atoms with van der Waals surface area (Å²) in [6.07, 6.45) is 3.88. The average molecular weight is 596 g/mol. The average Bonchev–Trinajstić information content (AvgIpc) is 3.61. The molecule has 7 rings (SSSR count). The van der Waals surface area contributed by atoms with Gasteiger partial charge in [-0.3, -0.25) is 0 Å². The lowest BCUT2D eigenvalue weighted by Crippen LogP contribution is -2.05. The fourth-order valence-corrected chi connectivity index (χ4v) is 8.07. The van der Waals surface area contributed by atoms with E-state index >= 15 is 0 Å². The standard InChI is InChI=1S/C25H24O.C12H15BrO/c1-16-14-23-17(8-7-13-22(23)25(16)26-2)15-24-20-11-5-3-9-18(20)19-10-4-6-12-21(19)24;1-8-6-11-9(7-13)4-3-5-10(11)12(8)14-2/h3-13,16,24-25H,14-15H2,1-2H3;3-5,8,12H,6-7H2,1-2H3. The van der Waals surface area contributed by atoms with Crippen LogP contribution in [0.5, 0.6) is 0 Å². The number of halogens is 1. The van der Waals surface area contributed by atoms with Crippen LogP contribution in [0.15, 0.2) is 84.9 Å². The summed E-state index contributed by atoms with van der Waals surface area (Å²) < 4.78 is 11.3. The summed E-state index contributed by atoms with van der Waals surface area (Å²) in [5.74, 6) is 1.61. The Morgan fingerprint density at radius 1 is 0.600 bits per heavy atom. The first-order chi connectivity index (χ1) is 19.5. The zero-order chi connectivity index (χ0) is 27.8. The quantitative estimate of drug-likeness (QED) is 0.214. The van der Waals surface area contributed by atoms with E-state index in [-0.39, 0.29) is 6.10 Å². The van der Waals surface area contributed by atoms with Gasteiger partial charge in [-0.15, -0.1) is 0 Å². The van der Waals surface area contributed by atoms with Gasteiger partial charge < -0.3 is 9.47 Å². The largest absolute Gasteiger partial charge is 0.376 e. The molecule has 0 aromatic heterocycles. The van der Waals surface area contributed by atoms with Gasteiger partial charge in [0, 0.05) is 25.5 Å². The van der Waals surface area contributed by atoms with Crippen LogP contribution >= 0.6 is 15.9 Å². The number of benzene rings is 4. The third-order valence-corrected chi connectivity index (χ3v) is 9.96. The molecule has 0 fully saturated rings. The normalized spacial score (nSPS) is 22.2. The maximum Gasteiger partial charge on any atom is 0.0852 e. The molecule has 4 unspecified atom stereocenters. The summed E-state index contributed by atoms with van der Waals surface area (Å²) in [6, 6.07) is 31.1. The van der Waals surface area contributed by atoms with E-state index in [2.05, 4.69) is 115 Å². The summed E-state index contributed by atoms with van der Waals surface area (Å²) in [7, 11) is 3.64. The Balaban J connectivity index is 0.000000175. The van der Waals surface area contributed by atoms with Crippen LogP contribution in [0.2, 0.25) is 0 Å². The van der Waals surface area contributed by atoms with Crippen LogP contribution in [0.3, 0.4) is 0 Å². The first-order valence-electron chi connectivity index (χ1n) is 14.6. The summed E-state index contributed by atoms with van der Waals surface area (Å²) in [5.41, 5.74) is 14.5. The minimum atomic E-state index is 0.244. The third-order valence-electron chi connectivity index (χ3n) is 9.36. The Hall–Kier alpha value is -2.72. The van der Waals surface area contributed by atoms with E-state index in [1.165, 1.54) is 55.6 Å². The number of hydrogen-bond donors (Lipinski definition) is 0. The lowest BCUT2D eigenvalue weighted by atomic mass is 9.87. The fourth-order valence-electron chi connectivity index (χ4n) is 7.55. The Morgan fingerprint density at radius 2 is 1.05 bits per heavy atom. The van der Waals surface area contributed by atoms with Crippen LogP contribution in [-0.2, 0) is 34.1 Å². The monoisotopic (exact) mass is 594 g/mol. The molecule has 0 saturated carbocycles. The highest BCUT2D eigenvalue weighted by molar-refractivity contribution is 9.08. The zero-order valence-electron chi connectivity index (χ0n) is 24.0. The summed E-state index contributed by atoms with van der Waals surface area (Å²) >= 11 is 3.53. The molecule has 206 valence electrons. The molecule has 0 bridgehead atoms. The van der Waals surface area contributed by atoms with Gasteiger partial charge in [0.2, 0.25) is 0 Å². The number of rotatable bonds is 5. The number of hydrogen-bond acceptors (Lipinski definition) is 2. The molecule has 3 heteroatoms. The van der Waals surface area contributed by atoms with Crippen molar-refractivity contribution in [2.75, 3.05) is 14.2 Å². The van der Waals surface area contributed by atoms with Crippen molar-refractivity contribution in [1.82, 2.24) is 0 Å². The van der Waals surface area contributed by atoms with Crippen molar-refractivity contribution in [3.63, 3.8) is 0 Å². The second-order valence-corrected chi connectivity index (χ2v) is 12.3. The van der Waals surface area contributed by atoms with Gasteiger partial charge in [-0.1, -0.05) is 115 Å². The zero-order valence-corrected chi connectivity index (χ0v) is 25.6. The van der Waals surface area contributed by atoms with E-state index in [1.54, 1.807) is 7.11 Å². The van der Waals surface area contributed by atoms with E-state index in [0.29, 0.717) is 23.9 Å². The number of alkyl halides is 1. The predicted octanol–water partition coefficient (Wildman–Crippen LogP) is 9.38. The van der Waals surface area contributed by atoms with Crippen LogP contribution in [0.25, 0.3) is 11.1 Å². The van der Waals surface area contributed by atoms with Crippen molar-refractivity contribution in [3.05, 3.63) is 129 Å². The van der Waals surface area contributed by atoms with Gasteiger partial charge >= 0.3 is 0 Å². The SMILES string of the molecule is COC1c2cccc(CBr)c2CC1C.COC1c2cccc(CC3c4ccccc4-c4ccccc43)c2CC1C. The van der Waals surface area contributed by atoms with Crippen LogP contribution in [0.1, 0.15) is 76.5 Å². The molecule has 0 saturated heterocycles. The lowest BCUT2D eigenvalue weighted by molar-refractivity contribution is 0.0695. The maximum absolute atomic E-state index is 5.79. The molecule has 0 radical (unpaired) electrons. The highest BCUT2D eigenvalue weighted by Gasteiger charge is 2.34. The molecule has 4 aromatic rings. The molecule has 0 heterocycles. The van der Waals surface area contributed by atoms with Gasteiger partial charge in [-0.25, -0.2) is 0 Å². The fraction of sp³-hybridized carbons (Fsp3) is 0.351. The molecule has 3 aliphatic carbocycles. The van der Waals surface area contributed by atoms with E-state index in [1.807, 2.05) is 7.11 Å². The molecule has 40 heavy (non-hydrogen) atoms. The molecular formula is C37H39BrO2. The number of ether oxygens (including phenoxy) is 2. The summed E-state index contributed by atoms with van der Waals surface area (Å²) in [4.78, 5) is 0. The predicted molar refractivity (Wildman–Crippen MR) is 168 cm³/mol. The third kappa shape index (κ3) is 4.76. The minimum Gasteiger partial charge on any atom is -0.376 e. The van der Waals surface area contributed by atoms with Gasteiger partial charge in [0.25, 0.3) is 0 Å². The number of methoxy groups -OCH3 is 2. The van der Waals surface area contributed by atoms with Gasteiger partial charge in [0.15, 0.2) is 0 Å². The van der Waals surface area contributed by atoms with E-state index < -0.39 is 0 Å². The first-order valence-corrected chi connectivity index (χ1v) is 15.7. The lowest BCUT2D eigenvalue weighted by Gasteiger charge is -2.17. The van der Waals surface area contributed by atoms with Crippen molar-refractivity contribution < 1.29 is 9.47 Å². The molecule has 0 aliphatic heterocycles. The highest BCUT2D eigenvalue weighted by Crippen LogP contribution is 2.48. The molecule has 4 atom stereocenters. The Kier molecular flexibility index (Phi) is 7.99. The van der Waals surface area contributed by atoms with Gasteiger partial charge in [-0.2, -0.15) is 0 Å². The molecule has 0 spiro atoms. The summed E-state index contributed by atoms with van der Waals surface area (Å²) in [6.45, 7) is 4.56. The van der Waals surface area contributed by atoms with Gasteiger partial charge in [0.1, 0.15) is 0 Å². The van der Waals surface area contributed by atoms with Crippen molar-refractivity contribution in [1.29, 1.82) is 0 Å². The van der Waals surface area contributed by atoms with Crippen molar-refractivity contribution in [3.8, 4) is 11.1 Å². The van der Waals surface area contributed by atoms with Crippen molar-refractivity contribution in [2.24, 2.45) is 11.8 Å². The first kappa shape index (κ1) is 27.4. The summed E-state index contributed by atoms with van der Waals surface area (Å²) in [5, 5.41) is 0.944. The van der Waals surface area contributed by atoms with Crippen LogP contribution in [-0.4, -0.2) is 14.2 Å². The highest BCUT2D eigenvalue weighted by atomic mass is 79.9. The van der Waals surface area contributed by atoms with Gasteiger partial charge in [-0.05, 0) is 86.7 Å². The minimum absolute atomic E-state index is 0.244. The molecule has 0 amide bonds. The van der Waals surface area contributed by atoms with E-state index in [9.17, 15) is 0 Å². The molecule has 0 N–H and O–H groups in total. The second-order valence-electron chi connectivity index (χ2n) is 11.7. The molecule has 2 nitrogen and oxygen atoms in total. The smallest absolute Gasteiger partial charge is 0.0852 e. The topological polar surface area (TPSA) is 18.5 Å². The molecular weight excluding hydrogens is 556 g/mol.